The van der Waals surface area contributed by atoms with Crippen LogP contribution in [0.2, 0.25) is 5.02 Å². The van der Waals surface area contributed by atoms with E-state index in [2.05, 4.69) is 16.8 Å². The fourth-order valence-corrected chi connectivity index (χ4v) is 4.95. The topological polar surface area (TPSA) is 52.9 Å². The first-order valence-electron chi connectivity index (χ1n) is 11.2. The van der Waals surface area contributed by atoms with Crippen molar-refractivity contribution in [2.24, 2.45) is 0 Å². The molecule has 7 heteroatoms. The number of benzene rings is 2. The van der Waals surface area contributed by atoms with Gasteiger partial charge in [0, 0.05) is 55.9 Å². The second-order valence-electron chi connectivity index (χ2n) is 8.59. The highest BCUT2D eigenvalue weighted by Gasteiger charge is 2.44. The highest BCUT2D eigenvalue weighted by Crippen LogP contribution is 2.45. The predicted octanol–water partition coefficient (Wildman–Crippen LogP) is 4.99. The van der Waals surface area contributed by atoms with Crippen LogP contribution in [0.25, 0.3) is 5.69 Å². The molecule has 0 atom stereocenters. The van der Waals surface area contributed by atoms with Gasteiger partial charge in [-0.25, -0.2) is 0 Å². The fourth-order valence-electron chi connectivity index (χ4n) is 4.78. The zero-order valence-electron chi connectivity index (χ0n) is 18.8. The molecule has 5 rings (SSSR count). The normalized spacial score (nSPS) is 16.2. The molecule has 0 aliphatic carbocycles. The number of hydrogen-bond acceptors (Lipinski definition) is 4. The molecule has 0 unspecified atom stereocenters. The van der Waals surface area contributed by atoms with Crippen molar-refractivity contribution >= 4 is 17.5 Å². The van der Waals surface area contributed by atoms with E-state index in [1.807, 2.05) is 54.3 Å². The summed E-state index contributed by atoms with van der Waals surface area (Å²) in [5, 5.41) is 0.650. The highest BCUT2D eigenvalue weighted by molar-refractivity contribution is 6.30. The molecular weight excluding hydrogens is 440 g/mol. The minimum atomic E-state index is -0.465. The standard InChI is InChI=1S/C26H27ClN2O4/c1-18-16-19(5-8-22(18)32-15-14-31-2)25(30)28-12-9-26(10-13-28)24-4-3-11-29(24)21-7-6-20(27)17-23(21)33-26/h3-8,11,16-17H,9-10,12-15H2,1-2H3. The molecule has 0 N–H and O–H groups in total. The molecule has 3 heterocycles. The Bertz CT molecular complexity index is 1180. The number of piperidine rings is 1. The Morgan fingerprint density at radius 3 is 2.70 bits per heavy atom. The molecule has 1 spiro atoms. The summed E-state index contributed by atoms with van der Waals surface area (Å²) in [5.74, 6) is 1.59. The van der Waals surface area contributed by atoms with Gasteiger partial charge in [0.15, 0.2) is 5.60 Å². The number of nitrogens with zero attached hydrogens (tertiary/aromatic N) is 2. The lowest BCUT2D eigenvalue weighted by Gasteiger charge is -2.45. The van der Waals surface area contributed by atoms with Crippen molar-refractivity contribution in [3.63, 3.8) is 0 Å². The molecule has 33 heavy (non-hydrogen) atoms. The summed E-state index contributed by atoms with van der Waals surface area (Å²) in [6.07, 6.45) is 3.49. The number of fused-ring (bicyclic) bond motifs is 4. The number of carbonyl (C=O) groups is 1. The van der Waals surface area contributed by atoms with Crippen LogP contribution in [0.1, 0.15) is 34.5 Å². The molecule has 2 aromatic carbocycles. The number of ether oxygens (including phenoxy) is 3. The zero-order valence-corrected chi connectivity index (χ0v) is 19.6. The first kappa shape index (κ1) is 21.9. The van der Waals surface area contributed by atoms with Gasteiger partial charge in [-0.3, -0.25) is 4.79 Å². The van der Waals surface area contributed by atoms with E-state index in [9.17, 15) is 4.79 Å². The maximum atomic E-state index is 13.2. The van der Waals surface area contributed by atoms with Crippen LogP contribution in [0.5, 0.6) is 11.5 Å². The van der Waals surface area contributed by atoms with Crippen molar-refractivity contribution in [2.75, 3.05) is 33.4 Å². The highest BCUT2D eigenvalue weighted by atomic mass is 35.5. The number of carbonyl (C=O) groups excluding carboxylic acids is 1. The molecule has 0 bridgehead atoms. The molecule has 0 saturated carbocycles. The quantitative estimate of drug-likeness (QED) is 0.497. The van der Waals surface area contributed by atoms with E-state index in [1.54, 1.807) is 7.11 Å². The summed E-state index contributed by atoms with van der Waals surface area (Å²) < 4.78 is 19.5. The van der Waals surface area contributed by atoms with Crippen molar-refractivity contribution in [1.29, 1.82) is 0 Å². The van der Waals surface area contributed by atoms with Crippen LogP contribution >= 0.6 is 11.6 Å². The number of aryl methyl sites for hydroxylation is 1. The van der Waals surface area contributed by atoms with Crippen LogP contribution in [-0.2, 0) is 10.3 Å². The van der Waals surface area contributed by atoms with Crippen molar-refractivity contribution in [2.45, 2.75) is 25.4 Å². The number of methoxy groups -OCH3 is 1. The molecule has 1 amide bonds. The smallest absolute Gasteiger partial charge is 0.253 e. The monoisotopic (exact) mass is 466 g/mol. The summed E-state index contributed by atoms with van der Waals surface area (Å²) in [7, 11) is 1.64. The van der Waals surface area contributed by atoms with Crippen LogP contribution in [0.3, 0.4) is 0 Å². The number of amides is 1. The number of aromatic nitrogens is 1. The summed E-state index contributed by atoms with van der Waals surface area (Å²) in [5.41, 5.74) is 3.26. The average molecular weight is 467 g/mol. The molecule has 1 aromatic heterocycles. The second kappa shape index (κ2) is 8.76. The van der Waals surface area contributed by atoms with Gasteiger partial charge in [-0.1, -0.05) is 11.6 Å². The summed E-state index contributed by atoms with van der Waals surface area (Å²) in [6, 6.07) is 15.5. The molecule has 1 fully saturated rings. The second-order valence-corrected chi connectivity index (χ2v) is 9.02. The molecule has 2 aliphatic rings. The molecular formula is C26H27ClN2O4. The SMILES string of the molecule is COCCOc1ccc(C(=O)N2CCC3(CC2)Oc2cc(Cl)ccc2-n2cccc23)cc1C. The average Bonchev–Trinajstić information content (AvgIpc) is 3.31. The van der Waals surface area contributed by atoms with Gasteiger partial charge in [0.2, 0.25) is 0 Å². The molecule has 0 radical (unpaired) electrons. The van der Waals surface area contributed by atoms with E-state index in [0.717, 1.165) is 28.4 Å². The Morgan fingerprint density at radius 2 is 1.94 bits per heavy atom. The van der Waals surface area contributed by atoms with Crippen LogP contribution in [0.4, 0.5) is 0 Å². The van der Waals surface area contributed by atoms with Gasteiger partial charge < -0.3 is 23.7 Å². The Balaban J connectivity index is 1.31. The minimum absolute atomic E-state index is 0.0334. The largest absolute Gasteiger partial charge is 0.491 e. The number of likely N-dealkylation sites (tertiary alicyclic amines) is 1. The molecule has 2 aliphatic heterocycles. The first-order chi connectivity index (χ1) is 16.0. The maximum absolute atomic E-state index is 13.2. The van der Waals surface area contributed by atoms with Crippen LogP contribution < -0.4 is 9.47 Å². The van der Waals surface area contributed by atoms with Gasteiger partial charge in [0.05, 0.1) is 18.0 Å². The van der Waals surface area contributed by atoms with Gasteiger partial charge in [0.25, 0.3) is 5.91 Å². The summed E-state index contributed by atoms with van der Waals surface area (Å²) in [6.45, 7) is 4.19. The predicted molar refractivity (Wildman–Crippen MR) is 127 cm³/mol. The van der Waals surface area contributed by atoms with E-state index in [0.29, 0.717) is 49.7 Å². The maximum Gasteiger partial charge on any atom is 0.253 e. The first-order valence-corrected chi connectivity index (χ1v) is 11.6. The third kappa shape index (κ3) is 3.98. The molecule has 6 nitrogen and oxygen atoms in total. The Hall–Kier alpha value is -2.96. The van der Waals surface area contributed by atoms with Gasteiger partial charge in [-0.2, -0.15) is 0 Å². The zero-order chi connectivity index (χ0) is 23.0. The van der Waals surface area contributed by atoms with E-state index in [4.69, 9.17) is 25.8 Å². The van der Waals surface area contributed by atoms with Crippen molar-refractivity contribution in [3.8, 4) is 17.2 Å². The van der Waals surface area contributed by atoms with Gasteiger partial charge >= 0.3 is 0 Å². The molecule has 1 saturated heterocycles. The lowest BCUT2D eigenvalue weighted by Crippen LogP contribution is -2.50. The van der Waals surface area contributed by atoms with Crippen LogP contribution in [-0.4, -0.2) is 48.8 Å². The van der Waals surface area contributed by atoms with Crippen LogP contribution in [0.15, 0.2) is 54.7 Å². The lowest BCUT2D eigenvalue weighted by atomic mass is 9.86. The van der Waals surface area contributed by atoms with Gasteiger partial charge in [-0.05, 0) is 55.0 Å². The number of hydrogen-bond donors (Lipinski definition) is 0. The van der Waals surface area contributed by atoms with E-state index >= 15 is 0 Å². The van der Waals surface area contributed by atoms with E-state index in [-0.39, 0.29) is 5.91 Å². The molecule has 3 aromatic rings. The van der Waals surface area contributed by atoms with E-state index < -0.39 is 5.60 Å². The third-order valence-corrected chi connectivity index (χ3v) is 6.76. The number of halogens is 1. The fraction of sp³-hybridized carbons (Fsp3) is 0.346. The van der Waals surface area contributed by atoms with Crippen molar-refractivity contribution in [3.05, 3.63) is 76.6 Å². The number of rotatable bonds is 5. The van der Waals surface area contributed by atoms with Crippen molar-refractivity contribution in [1.82, 2.24) is 9.47 Å². The lowest BCUT2D eigenvalue weighted by molar-refractivity contribution is -0.00930. The Morgan fingerprint density at radius 1 is 1.12 bits per heavy atom. The summed E-state index contributed by atoms with van der Waals surface area (Å²) >= 11 is 6.24. The Labute approximate surface area is 198 Å². The third-order valence-electron chi connectivity index (χ3n) is 6.53. The van der Waals surface area contributed by atoms with Crippen LogP contribution in [0, 0.1) is 6.92 Å². The van der Waals surface area contributed by atoms with Crippen molar-refractivity contribution < 1.29 is 19.0 Å². The Kier molecular flexibility index (Phi) is 5.81. The van der Waals surface area contributed by atoms with Gasteiger partial charge in [-0.15, -0.1) is 0 Å². The van der Waals surface area contributed by atoms with E-state index in [1.165, 1.54) is 0 Å². The van der Waals surface area contributed by atoms with Gasteiger partial charge in [0.1, 0.15) is 18.1 Å². The minimum Gasteiger partial charge on any atom is -0.491 e. The summed E-state index contributed by atoms with van der Waals surface area (Å²) in [4.78, 5) is 15.1. The molecule has 172 valence electrons.